The van der Waals surface area contributed by atoms with Crippen LogP contribution in [-0.2, 0) is 0 Å². The number of hydrogen-bond donors (Lipinski definition) is 1. The van der Waals surface area contributed by atoms with E-state index in [2.05, 4.69) is 10.1 Å². The molecule has 21 heavy (non-hydrogen) atoms. The van der Waals surface area contributed by atoms with Crippen LogP contribution in [0.2, 0.25) is 0 Å². The van der Waals surface area contributed by atoms with E-state index in [-0.39, 0.29) is 5.56 Å². The minimum Gasteiger partial charge on any atom is -0.478 e. The summed E-state index contributed by atoms with van der Waals surface area (Å²) in [5.41, 5.74) is 1.05. The van der Waals surface area contributed by atoms with Crippen LogP contribution in [0.25, 0.3) is 11.4 Å². The third-order valence-corrected chi connectivity index (χ3v) is 4.77. The molecule has 2 atom stereocenters. The molecule has 2 aromatic rings. The standard InChI is InChI=1S/C16H16N2O3/c19-16(20)10-7-5-9(6-8-10)14-17-15(21-18-14)13-11-3-1-2-4-12(11)13/h5-8,11-13H,1-4H2,(H,19,20). The molecule has 1 aromatic carbocycles. The van der Waals surface area contributed by atoms with Crippen LogP contribution in [0.15, 0.2) is 28.8 Å². The number of carboxylic acids is 1. The Bertz CT molecular complexity index is 665. The van der Waals surface area contributed by atoms with Crippen molar-refractivity contribution in [1.29, 1.82) is 0 Å². The van der Waals surface area contributed by atoms with Crippen LogP contribution in [-0.4, -0.2) is 21.2 Å². The average molecular weight is 284 g/mol. The first-order valence-corrected chi connectivity index (χ1v) is 7.41. The predicted octanol–water partition coefficient (Wildman–Crippen LogP) is 3.34. The maximum absolute atomic E-state index is 10.8. The summed E-state index contributed by atoms with van der Waals surface area (Å²) in [7, 11) is 0. The summed E-state index contributed by atoms with van der Waals surface area (Å²) in [5.74, 6) is 2.29. The molecule has 1 N–H and O–H groups in total. The Labute approximate surface area is 122 Å². The lowest BCUT2D eigenvalue weighted by atomic mass is 10.0. The normalized spacial score (nSPS) is 27.1. The van der Waals surface area contributed by atoms with E-state index in [0.29, 0.717) is 11.7 Å². The van der Waals surface area contributed by atoms with Gasteiger partial charge in [0.15, 0.2) is 0 Å². The van der Waals surface area contributed by atoms with E-state index in [1.165, 1.54) is 25.7 Å². The first-order chi connectivity index (χ1) is 10.2. The molecule has 0 aliphatic heterocycles. The summed E-state index contributed by atoms with van der Waals surface area (Å²) in [6.07, 6.45) is 5.19. The molecule has 0 radical (unpaired) electrons. The van der Waals surface area contributed by atoms with Crippen LogP contribution in [0.5, 0.6) is 0 Å². The second kappa shape index (κ2) is 4.69. The number of carboxylic acid groups (broad SMARTS) is 1. The highest BCUT2D eigenvalue weighted by Crippen LogP contribution is 2.60. The monoisotopic (exact) mass is 284 g/mol. The Morgan fingerprint density at radius 1 is 1.14 bits per heavy atom. The summed E-state index contributed by atoms with van der Waals surface area (Å²) < 4.78 is 5.44. The molecule has 2 aliphatic rings. The number of aromatic carboxylic acids is 1. The number of fused-ring (bicyclic) bond motifs is 1. The molecule has 108 valence electrons. The van der Waals surface area contributed by atoms with Gasteiger partial charge in [0.05, 0.1) is 5.56 Å². The maximum Gasteiger partial charge on any atom is 0.335 e. The van der Waals surface area contributed by atoms with Gasteiger partial charge in [-0.2, -0.15) is 4.98 Å². The van der Waals surface area contributed by atoms with Crippen molar-refractivity contribution in [2.45, 2.75) is 31.6 Å². The van der Waals surface area contributed by atoms with E-state index in [4.69, 9.17) is 9.63 Å². The van der Waals surface area contributed by atoms with Gasteiger partial charge in [-0.25, -0.2) is 4.79 Å². The molecule has 1 heterocycles. The highest BCUT2D eigenvalue weighted by molar-refractivity contribution is 5.88. The van der Waals surface area contributed by atoms with Crippen LogP contribution < -0.4 is 0 Å². The molecule has 4 rings (SSSR count). The van der Waals surface area contributed by atoms with Gasteiger partial charge in [0.1, 0.15) is 0 Å². The van der Waals surface area contributed by atoms with Gasteiger partial charge in [-0.1, -0.05) is 30.1 Å². The molecule has 2 aliphatic carbocycles. The van der Waals surface area contributed by atoms with Crippen LogP contribution >= 0.6 is 0 Å². The minimum absolute atomic E-state index is 0.260. The molecule has 0 saturated heterocycles. The number of rotatable bonds is 3. The fourth-order valence-electron chi connectivity index (χ4n) is 3.61. The van der Waals surface area contributed by atoms with Gasteiger partial charge >= 0.3 is 5.97 Å². The maximum atomic E-state index is 10.8. The molecule has 5 nitrogen and oxygen atoms in total. The minimum atomic E-state index is -0.933. The van der Waals surface area contributed by atoms with Crippen molar-refractivity contribution in [3.05, 3.63) is 35.7 Å². The van der Waals surface area contributed by atoms with Crippen LogP contribution in [0.4, 0.5) is 0 Å². The lowest BCUT2D eigenvalue weighted by molar-refractivity contribution is 0.0697. The average Bonchev–Trinajstić information content (AvgIpc) is 3.04. The zero-order valence-corrected chi connectivity index (χ0v) is 11.5. The zero-order chi connectivity index (χ0) is 14.4. The first kappa shape index (κ1) is 12.6. The second-order valence-electron chi connectivity index (χ2n) is 5.98. The Balaban J connectivity index is 1.55. The first-order valence-electron chi connectivity index (χ1n) is 7.41. The van der Waals surface area contributed by atoms with Crippen LogP contribution in [0, 0.1) is 11.8 Å². The number of nitrogens with zero attached hydrogens (tertiary/aromatic N) is 2. The van der Waals surface area contributed by atoms with Crippen molar-refractivity contribution in [3.8, 4) is 11.4 Å². The van der Waals surface area contributed by atoms with E-state index in [1.807, 2.05) is 0 Å². The lowest BCUT2D eigenvalue weighted by Gasteiger charge is -2.04. The molecular weight excluding hydrogens is 268 g/mol. The summed E-state index contributed by atoms with van der Waals surface area (Å²) in [6, 6.07) is 6.56. The Hall–Kier alpha value is -2.17. The van der Waals surface area contributed by atoms with E-state index in [1.54, 1.807) is 24.3 Å². The highest BCUT2D eigenvalue weighted by Gasteiger charge is 2.54. The van der Waals surface area contributed by atoms with E-state index >= 15 is 0 Å². The van der Waals surface area contributed by atoms with Gasteiger partial charge in [0, 0.05) is 11.5 Å². The fourth-order valence-corrected chi connectivity index (χ4v) is 3.61. The second-order valence-corrected chi connectivity index (χ2v) is 5.98. The molecule has 5 heteroatoms. The third-order valence-electron chi connectivity index (χ3n) is 4.77. The van der Waals surface area contributed by atoms with E-state index < -0.39 is 5.97 Å². The quantitative estimate of drug-likeness (QED) is 0.935. The van der Waals surface area contributed by atoms with Gasteiger partial charge in [0.2, 0.25) is 11.7 Å². The number of benzene rings is 1. The lowest BCUT2D eigenvalue weighted by Crippen LogP contribution is -1.95. The number of hydrogen-bond acceptors (Lipinski definition) is 4. The summed E-state index contributed by atoms with van der Waals surface area (Å²) >= 11 is 0. The van der Waals surface area contributed by atoms with Crippen molar-refractivity contribution < 1.29 is 14.4 Å². The third kappa shape index (κ3) is 2.13. The zero-order valence-electron chi connectivity index (χ0n) is 11.5. The highest BCUT2D eigenvalue weighted by atomic mass is 16.5. The van der Waals surface area contributed by atoms with Gasteiger partial charge in [-0.05, 0) is 36.8 Å². The largest absolute Gasteiger partial charge is 0.478 e. The molecule has 0 amide bonds. The fraction of sp³-hybridized carbons (Fsp3) is 0.438. The van der Waals surface area contributed by atoms with Gasteiger partial charge < -0.3 is 9.63 Å². The van der Waals surface area contributed by atoms with Gasteiger partial charge in [0.25, 0.3) is 0 Å². The van der Waals surface area contributed by atoms with Gasteiger partial charge in [-0.3, -0.25) is 0 Å². The summed E-state index contributed by atoms with van der Waals surface area (Å²) in [5, 5.41) is 12.9. The van der Waals surface area contributed by atoms with Crippen molar-refractivity contribution in [2.24, 2.45) is 11.8 Å². The van der Waals surface area contributed by atoms with E-state index in [0.717, 1.165) is 23.3 Å². The molecule has 2 fully saturated rings. The van der Waals surface area contributed by atoms with Crippen molar-refractivity contribution in [1.82, 2.24) is 10.1 Å². The Morgan fingerprint density at radius 2 is 1.81 bits per heavy atom. The van der Waals surface area contributed by atoms with Gasteiger partial charge in [-0.15, -0.1) is 0 Å². The van der Waals surface area contributed by atoms with E-state index in [9.17, 15) is 4.79 Å². The Morgan fingerprint density at radius 3 is 2.43 bits per heavy atom. The smallest absolute Gasteiger partial charge is 0.335 e. The van der Waals surface area contributed by atoms with Crippen molar-refractivity contribution >= 4 is 5.97 Å². The van der Waals surface area contributed by atoms with Crippen LogP contribution in [0.3, 0.4) is 0 Å². The number of aromatic nitrogens is 2. The molecular formula is C16H16N2O3. The molecule has 2 saturated carbocycles. The summed E-state index contributed by atoms with van der Waals surface area (Å²) in [6.45, 7) is 0. The van der Waals surface area contributed by atoms with Crippen molar-refractivity contribution in [2.75, 3.05) is 0 Å². The molecule has 1 aromatic heterocycles. The SMILES string of the molecule is O=C(O)c1ccc(-c2noc(C3C4CCCCC43)n2)cc1. The predicted molar refractivity (Wildman–Crippen MR) is 74.9 cm³/mol. The molecule has 0 spiro atoms. The topological polar surface area (TPSA) is 76.2 Å². The number of carbonyl (C=O) groups is 1. The molecule has 2 unspecified atom stereocenters. The van der Waals surface area contributed by atoms with Crippen LogP contribution in [0.1, 0.15) is 47.8 Å². The van der Waals surface area contributed by atoms with Crippen molar-refractivity contribution in [3.63, 3.8) is 0 Å². The molecule has 0 bridgehead atoms. The summed E-state index contributed by atoms with van der Waals surface area (Å²) in [4.78, 5) is 15.4. The Kier molecular flexibility index (Phi) is 2.80.